The number of piperidine rings is 1. The largest absolute Gasteiger partial charge is 0.362 e. The van der Waals surface area contributed by atoms with Crippen LogP contribution in [0.15, 0.2) is 30.7 Å². The first-order chi connectivity index (χ1) is 14.6. The van der Waals surface area contributed by atoms with Gasteiger partial charge >= 0.3 is 0 Å². The molecule has 3 aromatic rings. The van der Waals surface area contributed by atoms with Crippen LogP contribution in [0.4, 0.5) is 5.13 Å². The van der Waals surface area contributed by atoms with Crippen molar-refractivity contribution in [3.63, 3.8) is 0 Å². The molecular formula is C22H26N6OS. The molecule has 1 atom stereocenters. The Morgan fingerprint density at radius 3 is 2.80 bits per heavy atom. The van der Waals surface area contributed by atoms with Gasteiger partial charge in [-0.25, -0.2) is 15.0 Å². The van der Waals surface area contributed by atoms with Gasteiger partial charge in [-0.1, -0.05) is 11.3 Å². The predicted octanol–water partition coefficient (Wildman–Crippen LogP) is 4.41. The van der Waals surface area contributed by atoms with E-state index in [1.54, 1.807) is 12.4 Å². The number of anilines is 1. The van der Waals surface area contributed by atoms with Crippen LogP contribution in [0.2, 0.25) is 0 Å². The van der Waals surface area contributed by atoms with Gasteiger partial charge in [0.05, 0.1) is 17.4 Å². The van der Waals surface area contributed by atoms with Crippen molar-refractivity contribution >= 4 is 22.4 Å². The number of carbonyl (C=O) groups is 1. The fourth-order valence-electron chi connectivity index (χ4n) is 3.91. The van der Waals surface area contributed by atoms with E-state index in [0.717, 1.165) is 60.0 Å². The molecule has 1 fully saturated rings. The molecule has 0 aromatic carbocycles. The van der Waals surface area contributed by atoms with Crippen LogP contribution in [-0.4, -0.2) is 43.8 Å². The van der Waals surface area contributed by atoms with Crippen molar-refractivity contribution in [1.82, 2.24) is 24.8 Å². The first-order valence-corrected chi connectivity index (χ1v) is 11.2. The lowest BCUT2D eigenvalue weighted by Crippen LogP contribution is -2.39. The van der Waals surface area contributed by atoms with E-state index in [1.807, 2.05) is 44.0 Å². The molecule has 4 rings (SSSR count). The number of likely N-dealkylation sites (tertiary alicyclic amines) is 1. The molecule has 0 bridgehead atoms. The molecular weight excluding hydrogens is 396 g/mol. The summed E-state index contributed by atoms with van der Waals surface area (Å²) in [6.07, 6.45) is 8.35. The summed E-state index contributed by atoms with van der Waals surface area (Å²) in [7, 11) is 0. The van der Waals surface area contributed by atoms with E-state index < -0.39 is 0 Å². The zero-order valence-corrected chi connectivity index (χ0v) is 18.4. The molecule has 4 heterocycles. The number of nitrogens with one attached hydrogen (secondary N) is 1. The minimum atomic E-state index is -0.0831. The maximum atomic E-state index is 13.6. The number of pyridine rings is 1. The lowest BCUT2D eigenvalue weighted by Gasteiger charge is -2.36. The van der Waals surface area contributed by atoms with Crippen molar-refractivity contribution in [3.8, 4) is 11.1 Å². The Morgan fingerprint density at radius 1 is 1.23 bits per heavy atom. The minimum Gasteiger partial charge on any atom is -0.362 e. The predicted molar refractivity (Wildman–Crippen MR) is 119 cm³/mol. The molecule has 1 N–H and O–H groups in total. The number of hydrogen-bond donors (Lipinski definition) is 1. The summed E-state index contributed by atoms with van der Waals surface area (Å²) in [4.78, 5) is 34.1. The van der Waals surface area contributed by atoms with E-state index in [4.69, 9.17) is 4.98 Å². The molecule has 7 nitrogen and oxygen atoms in total. The van der Waals surface area contributed by atoms with E-state index in [9.17, 15) is 4.79 Å². The van der Waals surface area contributed by atoms with Crippen LogP contribution in [0.3, 0.4) is 0 Å². The molecule has 3 aromatic heterocycles. The van der Waals surface area contributed by atoms with Gasteiger partial charge in [-0.05, 0) is 57.7 Å². The van der Waals surface area contributed by atoms with Gasteiger partial charge in [0, 0.05) is 37.2 Å². The lowest BCUT2D eigenvalue weighted by molar-refractivity contribution is 0.0610. The average Bonchev–Trinajstić information content (AvgIpc) is 3.14. The highest BCUT2D eigenvalue weighted by Gasteiger charge is 2.33. The second-order valence-corrected chi connectivity index (χ2v) is 8.43. The molecule has 1 aliphatic rings. The van der Waals surface area contributed by atoms with Crippen LogP contribution >= 0.6 is 11.3 Å². The maximum Gasteiger partial charge on any atom is 0.266 e. The van der Waals surface area contributed by atoms with E-state index in [-0.39, 0.29) is 11.9 Å². The fourth-order valence-corrected chi connectivity index (χ4v) is 4.90. The third-order valence-electron chi connectivity index (χ3n) is 5.33. The average molecular weight is 423 g/mol. The van der Waals surface area contributed by atoms with E-state index >= 15 is 0 Å². The van der Waals surface area contributed by atoms with Crippen LogP contribution in [0.25, 0.3) is 11.1 Å². The van der Waals surface area contributed by atoms with E-state index in [2.05, 4.69) is 20.3 Å². The molecule has 1 amide bonds. The van der Waals surface area contributed by atoms with Crippen molar-refractivity contribution in [2.75, 3.05) is 18.4 Å². The molecule has 1 unspecified atom stereocenters. The zero-order chi connectivity index (χ0) is 21.1. The maximum absolute atomic E-state index is 13.6. The van der Waals surface area contributed by atoms with Gasteiger partial charge in [-0.2, -0.15) is 0 Å². The number of thiazole rings is 1. The van der Waals surface area contributed by atoms with Crippen LogP contribution in [0.5, 0.6) is 0 Å². The Kier molecular flexibility index (Phi) is 6.03. The number of amides is 1. The van der Waals surface area contributed by atoms with Gasteiger partial charge in [-0.3, -0.25) is 9.78 Å². The van der Waals surface area contributed by atoms with Gasteiger partial charge in [0.15, 0.2) is 5.13 Å². The summed E-state index contributed by atoms with van der Waals surface area (Å²) >= 11 is 1.43. The summed E-state index contributed by atoms with van der Waals surface area (Å²) in [5, 5.41) is 4.01. The summed E-state index contributed by atoms with van der Waals surface area (Å²) in [6, 6.07) is 3.84. The quantitative estimate of drug-likeness (QED) is 0.656. The monoisotopic (exact) mass is 422 g/mol. The Bertz CT molecular complexity index is 1040. The Balaban J connectivity index is 1.73. The fraction of sp³-hybridized carbons (Fsp3) is 0.409. The molecule has 0 aliphatic carbocycles. The number of aromatic nitrogens is 4. The molecule has 30 heavy (non-hydrogen) atoms. The van der Waals surface area contributed by atoms with Crippen LogP contribution in [0, 0.1) is 13.8 Å². The molecule has 0 spiro atoms. The molecule has 0 radical (unpaired) electrons. The summed E-state index contributed by atoms with van der Waals surface area (Å²) in [5.41, 5.74) is 3.66. The number of hydrogen-bond acceptors (Lipinski definition) is 7. The first kappa shape index (κ1) is 20.4. The number of carbonyl (C=O) groups excluding carboxylic acids is 1. The minimum absolute atomic E-state index is 0.0378. The van der Waals surface area contributed by atoms with Crippen LogP contribution in [0.1, 0.15) is 59.1 Å². The summed E-state index contributed by atoms with van der Waals surface area (Å²) in [6.45, 7) is 7.32. The Labute approximate surface area is 180 Å². The van der Waals surface area contributed by atoms with E-state index in [0.29, 0.717) is 10.7 Å². The zero-order valence-electron chi connectivity index (χ0n) is 17.6. The van der Waals surface area contributed by atoms with E-state index in [1.165, 1.54) is 11.3 Å². The molecule has 1 saturated heterocycles. The van der Waals surface area contributed by atoms with Crippen molar-refractivity contribution in [1.29, 1.82) is 0 Å². The Morgan fingerprint density at radius 2 is 2.03 bits per heavy atom. The number of rotatable bonds is 5. The van der Waals surface area contributed by atoms with Crippen molar-refractivity contribution < 1.29 is 4.79 Å². The SMILES string of the molecule is CCNc1nc(C)c(C(=O)N2CCCCC2c2nc(C)ncc2-c2ccncc2)s1. The van der Waals surface area contributed by atoms with Gasteiger partial charge in [0.2, 0.25) is 0 Å². The highest BCUT2D eigenvalue weighted by atomic mass is 32.1. The topological polar surface area (TPSA) is 83.9 Å². The van der Waals surface area contributed by atoms with Crippen molar-refractivity contribution in [2.24, 2.45) is 0 Å². The van der Waals surface area contributed by atoms with Gasteiger partial charge in [0.25, 0.3) is 5.91 Å². The van der Waals surface area contributed by atoms with Gasteiger partial charge in [-0.15, -0.1) is 0 Å². The third kappa shape index (κ3) is 4.05. The van der Waals surface area contributed by atoms with Crippen LogP contribution in [-0.2, 0) is 0 Å². The van der Waals surface area contributed by atoms with Gasteiger partial charge in [0.1, 0.15) is 10.7 Å². The first-order valence-electron chi connectivity index (χ1n) is 10.3. The number of nitrogens with zero attached hydrogens (tertiary/aromatic N) is 5. The normalized spacial score (nSPS) is 16.5. The Hall–Kier alpha value is -2.87. The smallest absolute Gasteiger partial charge is 0.266 e. The summed E-state index contributed by atoms with van der Waals surface area (Å²) < 4.78 is 0. The lowest BCUT2D eigenvalue weighted by atomic mass is 9.94. The van der Waals surface area contributed by atoms with Crippen LogP contribution < -0.4 is 5.32 Å². The van der Waals surface area contributed by atoms with Gasteiger partial charge < -0.3 is 10.2 Å². The second-order valence-electron chi connectivity index (χ2n) is 7.43. The highest BCUT2D eigenvalue weighted by Crippen LogP contribution is 2.37. The second kappa shape index (κ2) is 8.87. The van der Waals surface area contributed by atoms with Crippen molar-refractivity contribution in [3.05, 3.63) is 52.8 Å². The standard InChI is InChI=1S/C22H26N6OS/c1-4-24-22-26-14(2)20(30-22)21(29)28-12-6-5-7-18(28)19-17(13-25-15(3)27-19)16-8-10-23-11-9-16/h8-11,13,18H,4-7,12H2,1-3H3,(H,24,26). The molecule has 0 saturated carbocycles. The highest BCUT2D eigenvalue weighted by molar-refractivity contribution is 7.17. The number of aryl methyl sites for hydroxylation is 2. The molecule has 156 valence electrons. The molecule has 1 aliphatic heterocycles. The summed E-state index contributed by atoms with van der Waals surface area (Å²) in [5.74, 6) is 0.750. The molecule has 8 heteroatoms. The van der Waals surface area contributed by atoms with Crippen molar-refractivity contribution in [2.45, 2.75) is 46.1 Å². The third-order valence-corrected chi connectivity index (χ3v) is 6.43.